The molecule has 0 radical (unpaired) electrons. The summed E-state index contributed by atoms with van der Waals surface area (Å²) < 4.78 is 5.20. The summed E-state index contributed by atoms with van der Waals surface area (Å²) in [7, 11) is 1.56. The Labute approximate surface area is 187 Å². The zero-order valence-corrected chi connectivity index (χ0v) is 18.3. The number of benzene rings is 2. The number of hydrogen-bond donors (Lipinski definition) is 2. The smallest absolute Gasteiger partial charge is 0.327 e. The molecule has 8 nitrogen and oxygen atoms in total. The molecule has 2 saturated heterocycles. The molecule has 4 rings (SSSR count). The summed E-state index contributed by atoms with van der Waals surface area (Å²) in [6.07, 6.45) is 1.52. The first-order chi connectivity index (χ1) is 15.5. The number of amides is 4. The average molecular weight is 437 g/mol. The van der Waals surface area contributed by atoms with Crippen molar-refractivity contribution in [3.05, 3.63) is 59.7 Å². The maximum absolute atomic E-state index is 13.4. The third-order valence-electron chi connectivity index (χ3n) is 5.96. The number of aryl methyl sites for hydroxylation is 1. The number of fused-ring (bicyclic) bond motifs is 1. The minimum absolute atomic E-state index is 0.128. The summed E-state index contributed by atoms with van der Waals surface area (Å²) in [5.41, 5.74) is 2.56. The number of nitrogens with zero attached hydrogens (tertiary/aromatic N) is 2. The van der Waals surface area contributed by atoms with Crippen molar-refractivity contribution in [3.63, 3.8) is 0 Å². The van der Waals surface area contributed by atoms with E-state index in [0.29, 0.717) is 24.4 Å². The van der Waals surface area contributed by atoms with E-state index in [4.69, 9.17) is 4.74 Å². The van der Waals surface area contributed by atoms with Crippen LogP contribution < -0.4 is 15.4 Å². The molecule has 2 heterocycles. The molecular weight excluding hydrogens is 408 g/mol. The lowest BCUT2D eigenvalue weighted by atomic mass is 9.93. The fraction of sp³-hybridized carbons (Fsp3) is 0.375. The molecule has 2 aliphatic rings. The number of hydrogen-bond acceptors (Lipinski definition) is 5. The van der Waals surface area contributed by atoms with Crippen molar-refractivity contribution in [2.24, 2.45) is 0 Å². The van der Waals surface area contributed by atoms with Gasteiger partial charge in [0, 0.05) is 11.8 Å². The zero-order chi connectivity index (χ0) is 22.7. The fourth-order valence-corrected chi connectivity index (χ4v) is 4.28. The predicted octanol–water partition coefficient (Wildman–Crippen LogP) is 2.53. The largest absolute Gasteiger partial charge is 0.497 e. The van der Waals surface area contributed by atoms with Gasteiger partial charge in [0.15, 0.2) is 0 Å². The maximum atomic E-state index is 13.4. The van der Waals surface area contributed by atoms with E-state index in [0.717, 1.165) is 17.5 Å². The van der Waals surface area contributed by atoms with Gasteiger partial charge < -0.3 is 20.3 Å². The molecule has 8 heteroatoms. The molecule has 2 unspecified atom stereocenters. The molecule has 2 fully saturated rings. The third-order valence-corrected chi connectivity index (χ3v) is 5.96. The van der Waals surface area contributed by atoms with E-state index in [9.17, 15) is 14.4 Å². The molecule has 168 valence electrons. The Morgan fingerprint density at radius 3 is 2.72 bits per heavy atom. The molecule has 2 aromatic carbocycles. The van der Waals surface area contributed by atoms with Gasteiger partial charge in [-0.3, -0.25) is 14.5 Å². The maximum Gasteiger partial charge on any atom is 0.327 e. The van der Waals surface area contributed by atoms with Gasteiger partial charge in [0.25, 0.3) is 0 Å². The Morgan fingerprint density at radius 2 is 1.97 bits per heavy atom. The van der Waals surface area contributed by atoms with Gasteiger partial charge in [-0.05, 0) is 44.0 Å². The van der Waals surface area contributed by atoms with E-state index in [-0.39, 0.29) is 30.9 Å². The molecule has 2 atom stereocenters. The number of rotatable bonds is 6. The molecule has 0 aromatic heterocycles. The summed E-state index contributed by atoms with van der Waals surface area (Å²) in [5, 5.41) is 6.08. The second-order valence-corrected chi connectivity index (χ2v) is 8.24. The van der Waals surface area contributed by atoms with E-state index in [2.05, 4.69) is 10.6 Å². The van der Waals surface area contributed by atoms with Crippen LogP contribution in [0.25, 0.3) is 0 Å². The molecule has 0 aliphatic carbocycles. The third kappa shape index (κ3) is 4.60. The molecule has 0 saturated carbocycles. The minimum Gasteiger partial charge on any atom is -0.497 e. The van der Waals surface area contributed by atoms with Crippen LogP contribution in [0, 0.1) is 6.92 Å². The van der Waals surface area contributed by atoms with Crippen LogP contribution in [0.1, 0.15) is 24.0 Å². The topological polar surface area (TPSA) is 91.0 Å². The van der Waals surface area contributed by atoms with E-state index < -0.39 is 12.1 Å². The fourth-order valence-electron chi connectivity index (χ4n) is 4.28. The van der Waals surface area contributed by atoms with Crippen molar-refractivity contribution < 1.29 is 19.1 Å². The molecular formula is C24H28N4O4. The summed E-state index contributed by atoms with van der Waals surface area (Å²) >= 11 is 0. The van der Waals surface area contributed by atoms with Crippen LogP contribution in [0.15, 0.2) is 48.5 Å². The van der Waals surface area contributed by atoms with Crippen LogP contribution in [0.5, 0.6) is 5.75 Å². The number of methoxy groups -OCH3 is 1. The van der Waals surface area contributed by atoms with Crippen molar-refractivity contribution in [3.8, 4) is 5.75 Å². The van der Waals surface area contributed by atoms with Gasteiger partial charge in [-0.15, -0.1) is 0 Å². The molecule has 2 N–H and O–H groups in total. The normalized spacial score (nSPS) is 20.7. The van der Waals surface area contributed by atoms with E-state index in [1.807, 2.05) is 31.2 Å². The number of piperidine rings is 1. The Balaban J connectivity index is 1.53. The number of anilines is 1. The lowest BCUT2D eigenvalue weighted by molar-refractivity contribution is -0.138. The van der Waals surface area contributed by atoms with Crippen molar-refractivity contribution in [2.45, 2.75) is 38.4 Å². The Hall–Kier alpha value is -3.39. The highest BCUT2D eigenvalue weighted by Crippen LogP contribution is 2.26. The van der Waals surface area contributed by atoms with Crippen LogP contribution in [-0.2, 0) is 16.1 Å². The van der Waals surface area contributed by atoms with Crippen LogP contribution in [0.2, 0.25) is 0 Å². The van der Waals surface area contributed by atoms with E-state index >= 15 is 0 Å². The molecule has 4 amide bonds. The first kappa shape index (κ1) is 21.8. The highest BCUT2D eigenvalue weighted by Gasteiger charge is 2.47. The van der Waals surface area contributed by atoms with E-state index in [1.165, 1.54) is 9.80 Å². The van der Waals surface area contributed by atoms with Crippen molar-refractivity contribution in [1.82, 2.24) is 15.1 Å². The van der Waals surface area contributed by atoms with Crippen molar-refractivity contribution in [2.75, 3.05) is 25.5 Å². The summed E-state index contributed by atoms with van der Waals surface area (Å²) in [5.74, 6) is 0.0774. The van der Waals surface area contributed by atoms with Gasteiger partial charge in [-0.25, -0.2) is 4.79 Å². The Kier molecular flexibility index (Phi) is 6.41. The first-order valence-electron chi connectivity index (χ1n) is 10.8. The van der Waals surface area contributed by atoms with E-state index in [1.54, 1.807) is 31.4 Å². The number of urea groups is 1. The molecule has 32 heavy (non-hydrogen) atoms. The van der Waals surface area contributed by atoms with Crippen molar-refractivity contribution in [1.29, 1.82) is 0 Å². The summed E-state index contributed by atoms with van der Waals surface area (Å²) in [6, 6.07) is 13.5. The quantitative estimate of drug-likeness (QED) is 0.726. The second-order valence-electron chi connectivity index (χ2n) is 8.24. The van der Waals surface area contributed by atoms with Gasteiger partial charge >= 0.3 is 6.03 Å². The van der Waals surface area contributed by atoms with Gasteiger partial charge in [0.1, 0.15) is 18.3 Å². The molecule has 0 spiro atoms. The Bertz CT molecular complexity index is 1010. The first-order valence-corrected chi connectivity index (χ1v) is 10.8. The lowest BCUT2D eigenvalue weighted by Gasteiger charge is -2.46. The summed E-state index contributed by atoms with van der Waals surface area (Å²) in [6.45, 7) is 2.75. The number of carbonyl (C=O) groups excluding carboxylic acids is 3. The predicted molar refractivity (Wildman–Crippen MR) is 120 cm³/mol. The van der Waals surface area contributed by atoms with Gasteiger partial charge in [0.05, 0.1) is 19.7 Å². The second kappa shape index (κ2) is 9.40. The highest BCUT2D eigenvalue weighted by molar-refractivity contribution is 6.02. The molecule has 2 aromatic rings. The molecule has 0 bridgehead atoms. The standard InChI is InChI=1S/C24H28N4O4/c1-16-8-10-17(11-9-16)14-28-23(30)22-20(7-4-12-25-22)27(24(28)31)15-21(29)26-18-5-3-6-19(13-18)32-2/h3,5-6,8-11,13,20,22,25H,4,7,12,14-15H2,1-2H3,(H,26,29). The average Bonchev–Trinajstić information content (AvgIpc) is 2.81. The van der Waals surface area contributed by atoms with Crippen LogP contribution in [-0.4, -0.2) is 59.9 Å². The van der Waals surface area contributed by atoms with Gasteiger partial charge in [-0.2, -0.15) is 0 Å². The molecule has 2 aliphatic heterocycles. The number of nitrogens with one attached hydrogen (secondary N) is 2. The lowest BCUT2D eigenvalue weighted by Crippen LogP contribution is -2.70. The van der Waals surface area contributed by atoms with Gasteiger partial charge in [0.2, 0.25) is 11.8 Å². The number of imide groups is 1. The summed E-state index contributed by atoms with van der Waals surface area (Å²) in [4.78, 5) is 42.1. The van der Waals surface area contributed by atoms with Crippen LogP contribution in [0.3, 0.4) is 0 Å². The van der Waals surface area contributed by atoms with Crippen LogP contribution in [0.4, 0.5) is 10.5 Å². The van der Waals surface area contributed by atoms with Crippen LogP contribution >= 0.6 is 0 Å². The SMILES string of the molecule is COc1cccc(NC(=O)CN2C(=O)N(Cc3ccc(C)cc3)C(=O)C3NCCCC32)c1. The zero-order valence-electron chi connectivity index (χ0n) is 18.3. The van der Waals surface area contributed by atoms with Crippen molar-refractivity contribution >= 4 is 23.5 Å². The van der Waals surface area contributed by atoms with Gasteiger partial charge in [-0.1, -0.05) is 35.9 Å². The highest BCUT2D eigenvalue weighted by atomic mass is 16.5. The number of carbonyl (C=O) groups is 3. The Morgan fingerprint density at radius 1 is 1.19 bits per heavy atom. The number of ether oxygens (including phenoxy) is 1. The minimum atomic E-state index is -0.503. The monoisotopic (exact) mass is 436 g/mol.